The molecular formula is C28H30F3N5O3S. The average molecular weight is 574 g/mol. The number of thiophene rings is 1. The van der Waals surface area contributed by atoms with Gasteiger partial charge in [-0.15, -0.1) is 11.3 Å². The van der Waals surface area contributed by atoms with Gasteiger partial charge in [0.15, 0.2) is 0 Å². The summed E-state index contributed by atoms with van der Waals surface area (Å²) in [6.07, 6.45) is -2.07. The summed E-state index contributed by atoms with van der Waals surface area (Å²) in [5.74, 6) is -0.868. The van der Waals surface area contributed by atoms with Crippen molar-refractivity contribution in [2.75, 3.05) is 45.9 Å². The van der Waals surface area contributed by atoms with Crippen molar-refractivity contribution in [1.82, 2.24) is 19.4 Å². The molecule has 12 heteroatoms. The molecule has 1 unspecified atom stereocenters. The van der Waals surface area contributed by atoms with Crippen LogP contribution >= 0.6 is 11.3 Å². The summed E-state index contributed by atoms with van der Waals surface area (Å²) in [7, 11) is 1.91. The van der Waals surface area contributed by atoms with Gasteiger partial charge in [-0.1, -0.05) is 6.07 Å². The SMILES string of the molecule is Cn1cccc1C1CC(c2cccs2)=NN1C(=O)CN(CCN1CCOCC1)C(=O)c1ccc(C(F)(F)F)cc1. The van der Waals surface area contributed by atoms with Gasteiger partial charge in [-0.2, -0.15) is 18.3 Å². The summed E-state index contributed by atoms with van der Waals surface area (Å²) in [5, 5.41) is 8.10. The molecule has 2 aliphatic rings. The first kappa shape index (κ1) is 28.1. The summed E-state index contributed by atoms with van der Waals surface area (Å²) in [6.45, 7) is 3.05. The van der Waals surface area contributed by atoms with E-state index in [2.05, 4.69) is 4.90 Å². The van der Waals surface area contributed by atoms with E-state index >= 15 is 0 Å². The van der Waals surface area contributed by atoms with Crippen LogP contribution in [-0.4, -0.2) is 82.8 Å². The van der Waals surface area contributed by atoms with Crippen LogP contribution in [0.3, 0.4) is 0 Å². The molecular weight excluding hydrogens is 543 g/mol. The zero-order valence-corrected chi connectivity index (χ0v) is 22.8. The highest BCUT2D eigenvalue weighted by molar-refractivity contribution is 7.12. The summed E-state index contributed by atoms with van der Waals surface area (Å²) in [5.41, 5.74) is 0.963. The van der Waals surface area contributed by atoms with Crippen LogP contribution in [-0.2, 0) is 22.8 Å². The van der Waals surface area contributed by atoms with Gasteiger partial charge in [0.25, 0.3) is 11.8 Å². The lowest BCUT2D eigenvalue weighted by atomic mass is 10.1. The number of carbonyl (C=O) groups excluding carboxylic acids is 2. The molecule has 0 N–H and O–H groups in total. The first-order valence-electron chi connectivity index (χ1n) is 13.0. The number of benzene rings is 1. The Labute approximate surface area is 234 Å². The van der Waals surface area contributed by atoms with Crippen LogP contribution in [0, 0.1) is 0 Å². The van der Waals surface area contributed by atoms with Crippen LogP contribution in [0.5, 0.6) is 0 Å². The number of aryl methyl sites for hydroxylation is 1. The lowest BCUT2D eigenvalue weighted by Crippen LogP contribution is -2.46. The van der Waals surface area contributed by atoms with Crippen molar-refractivity contribution in [3.8, 4) is 0 Å². The molecule has 0 saturated carbocycles. The minimum Gasteiger partial charge on any atom is -0.379 e. The van der Waals surface area contributed by atoms with Crippen molar-refractivity contribution >= 4 is 28.9 Å². The third kappa shape index (κ3) is 6.29. The normalized spacial score (nSPS) is 18.1. The molecule has 2 aliphatic heterocycles. The number of nitrogens with zero attached hydrogens (tertiary/aromatic N) is 5. The molecule has 8 nitrogen and oxygen atoms in total. The average Bonchev–Trinajstić information content (AvgIpc) is 3.71. The predicted octanol–water partition coefficient (Wildman–Crippen LogP) is 4.26. The van der Waals surface area contributed by atoms with Gasteiger partial charge >= 0.3 is 6.18 Å². The Morgan fingerprint density at radius 3 is 2.48 bits per heavy atom. The van der Waals surface area contributed by atoms with Crippen LogP contribution in [0.15, 0.2) is 65.2 Å². The monoisotopic (exact) mass is 573 g/mol. The second-order valence-corrected chi connectivity index (χ2v) is 10.7. The van der Waals surface area contributed by atoms with E-state index in [0.717, 1.165) is 40.5 Å². The Morgan fingerprint density at radius 2 is 1.85 bits per heavy atom. The molecule has 3 aromatic rings. The number of halogens is 3. The number of hydrogen-bond donors (Lipinski definition) is 0. The van der Waals surface area contributed by atoms with Crippen LogP contribution < -0.4 is 0 Å². The molecule has 0 aliphatic carbocycles. The number of alkyl halides is 3. The fourth-order valence-corrected chi connectivity index (χ4v) is 5.66. The number of rotatable bonds is 8. The Morgan fingerprint density at radius 1 is 1.10 bits per heavy atom. The van der Waals surface area contributed by atoms with Crippen molar-refractivity contribution < 1.29 is 27.5 Å². The van der Waals surface area contributed by atoms with E-state index in [1.807, 2.05) is 47.5 Å². The van der Waals surface area contributed by atoms with Crippen molar-refractivity contribution in [3.63, 3.8) is 0 Å². The van der Waals surface area contributed by atoms with Crippen LogP contribution in [0.2, 0.25) is 0 Å². The molecule has 1 saturated heterocycles. The number of amides is 2. The highest BCUT2D eigenvalue weighted by Gasteiger charge is 2.36. The van der Waals surface area contributed by atoms with Gasteiger partial charge in [-0.25, -0.2) is 5.01 Å². The fourth-order valence-electron chi connectivity index (χ4n) is 4.94. The van der Waals surface area contributed by atoms with E-state index < -0.39 is 17.6 Å². The molecule has 5 rings (SSSR count). The predicted molar refractivity (Wildman–Crippen MR) is 145 cm³/mol. The number of hydrogen-bond acceptors (Lipinski definition) is 6. The Kier molecular flexibility index (Phi) is 8.38. The van der Waals surface area contributed by atoms with Crippen molar-refractivity contribution in [2.45, 2.75) is 18.6 Å². The quantitative estimate of drug-likeness (QED) is 0.404. The van der Waals surface area contributed by atoms with Gasteiger partial charge in [0, 0.05) is 57.1 Å². The smallest absolute Gasteiger partial charge is 0.379 e. The molecule has 2 amide bonds. The van der Waals surface area contributed by atoms with Gasteiger partial charge in [0.2, 0.25) is 0 Å². The molecule has 4 heterocycles. The molecule has 1 fully saturated rings. The summed E-state index contributed by atoms with van der Waals surface area (Å²) in [4.78, 5) is 31.8. The molecule has 0 spiro atoms. The maximum Gasteiger partial charge on any atom is 0.416 e. The molecule has 212 valence electrons. The van der Waals surface area contributed by atoms with E-state index in [1.165, 1.54) is 9.91 Å². The van der Waals surface area contributed by atoms with Crippen LogP contribution in [0.25, 0.3) is 0 Å². The highest BCUT2D eigenvalue weighted by Crippen LogP contribution is 2.34. The number of morpholine rings is 1. The summed E-state index contributed by atoms with van der Waals surface area (Å²) >= 11 is 1.54. The lowest BCUT2D eigenvalue weighted by Gasteiger charge is -2.31. The highest BCUT2D eigenvalue weighted by atomic mass is 32.1. The first-order chi connectivity index (χ1) is 19.2. The maximum atomic E-state index is 13.8. The largest absolute Gasteiger partial charge is 0.416 e. The molecule has 1 atom stereocenters. The standard InChI is InChI=1S/C28H30F3N5O3S/c1-33-10-2-4-23(33)24-18-22(25-5-3-17-40-25)32-36(24)26(37)19-35(12-11-34-13-15-39-16-14-34)27(38)20-6-8-21(9-7-20)28(29,30)31/h2-10,17,24H,11-16,18-19H2,1H3. The van der Waals surface area contributed by atoms with Crippen LogP contribution in [0.1, 0.15) is 39.0 Å². The van der Waals surface area contributed by atoms with Crippen molar-refractivity contribution in [1.29, 1.82) is 0 Å². The first-order valence-corrected chi connectivity index (χ1v) is 13.9. The van der Waals surface area contributed by atoms with Crippen molar-refractivity contribution in [3.05, 3.63) is 81.8 Å². The number of hydrazone groups is 1. The molecule has 0 bridgehead atoms. The zero-order valence-electron chi connectivity index (χ0n) is 22.0. The lowest BCUT2D eigenvalue weighted by molar-refractivity contribution is -0.137. The zero-order chi connectivity index (χ0) is 28.3. The summed E-state index contributed by atoms with van der Waals surface area (Å²) in [6, 6.07) is 11.5. The van der Waals surface area contributed by atoms with Gasteiger partial charge < -0.3 is 14.2 Å². The Bertz CT molecular complexity index is 1350. The third-order valence-electron chi connectivity index (χ3n) is 7.16. The Hall–Kier alpha value is -3.48. The van der Waals surface area contributed by atoms with E-state index in [0.29, 0.717) is 39.3 Å². The second-order valence-electron chi connectivity index (χ2n) is 9.78. The third-order valence-corrected chi connectivity index (χ3v) is 8.08. The second kappa shape index (κ2) is 11.9. The molecule has 40 heavy (non-hydrogen) atoms. The van der Waals surface area contributed by atoms with E-state index in [-0.39, 0.29) is 30.6 Å². The molecule has 0 radical (unpaired) electrons. The topological polar surface area (TPSA) is 70.4 Å². The Balaban J connectivity index is 1.39. The number of aromatic nitrogens is 1. The number of ether oxygens (including phenoxy) is 1. The number of carbonyl (C=O) groups is 2. The van der Waals surface area contributed by atoms with Gasteiger partial charge in [0.05, 0.1) is 29.4 Å². The minimum atomic E-state index is -4.51. The molecule has 1 aromatic carbocycles. The van der Waals surface area contributed by atoms with Gasteiger partial charge in [-0.3, -0.25) is 14.5 Å². The van der Waals surface area contributed by atoms with Gasteiger partial charge in [-0.05, 0) is 47.8 Å². The van der Waals surface area contributed by atoms with Crippen LogP contribution in [0.4, 0.5) is 13.2 Å². The van der Waals surface area contributed by atoms with E-state index in [4.69, 9.17) is 9.84 Å². The summed E-state index contributed by atoms with van der Waals surface area (Å²) < 4.78 is 46.6. The van der Waals surface area contributed by atoms with E-state index in [1.54, 1.807) is 11.3 Å². The van der Waals surface area contributed by atoms with E-state index in [9.17, 15) is 22.8 Å². The molecule has 2 aromatic heterocycles. The van der Waals surface area contributed by atoms with Gasteiger partial charge in [0.1, 0.15) is 12.6 Å². The van der Waals surface area contributed by atoms with Crippen molar-refractivity contribution in [2.24, 2.45) is 12.1 Å². The fraction of sp³-hybridized carbons (Fsp3) is 0.393. The minimum absolute atomic E-state index is 0.0889. The maximum absolute atomic E-state index is 13.8.